The maximum Gasteiger partial charge on any atom is 0.391 e. The average molecular weight is 253 g/mol. The Morgan fingerprint density at radius 1 is 1.35 bits per heavy atom. The van der Waals surface area contributed by atoms with Gasteiger partial charge in [-0.05, 0) is 47.2 Å². The van der Waals surface area contributed by atoms with Gasteiger partial charge in [0.05, 0.1) is 18.6 Å². The molecule has 0 aliphatic heterocycles. The normalized spacial score (nSPS) is 30.5. The van der Waals surface area contributed by atoms with E-state index >= 15 is 0 Å². The second-order valence-corrected chi connectivity index (χ2v) is 5.46. The Labute approximate surface area is 101 Å². The van der Waals surface area contributed by atoms with Gasteiger partial charge >= 0.3 is 6.18 Å². The molecule has 5 heteroatoms. The standard InChI is InChI=1S/C12H22F3NO/c1-9(2)17-8-11(16(3)4)6-5-10(7-11)12(13,14)15/h9-10H,5-8H2,1-4H3. The van der Waals surface area contributed by atoms with E-state index in [0.29, 0.717) is 13.0 Å². The molecule has 0 bridgehead atoms. The van der Waals surface area contributed by atoms with Crippen LogP contribution in [0.5, 0.6) is 0 Å². The molecule has 0 aromatic rings. The maximum atomic E-state index is 12.7. The van der Waals surface area contributed by atoms with E-state index in [4.69, 9.17) is 4.74 Å². The van der Waals surface area contributed by atoms with E-state index in [9.17, 15) is 13.2 Å². The van der Waals surface area contributed by atoms with Crippen molar-refractivity contribution in [2.45, 2.75) is 50.9 Å². The molecular formula is C12H22F3NO. The Kier molecular flexibility index (Phi) is 4.47. The maximum absolute atomic E-state index is 12.7. The lowest BCUT2D eigenvalue weighted by Gasteiger charge is -2.37. The van der Waals surface area contributed by atoms with E-state index in [1.807, 2.05) is 32.8 Å². The van der Waals surface area contributed by atoms with Gasteiger partial charge in [0.2, 0.25) is 0 Å². The molecule has 1 fully saturated rings. The lowest BCUT2D eigenvalue weighted by Crippen LogP contribution is -2.47. The van der Waals surface area contributed by atoms with Crippen molar-refractivity contribution < 1.29 is 17.9 Å². The minimum atomic E-state index is -4.07. The third kappa shape index (κ3) is 3.58. The number of rotatable bonds is 4. The zero-order valence-corrected chi connectivity index (χ0v) is 11.0. The Bertz CT molecular complexity index is 253. The number of hydrogen-bond acceptors (Lipinski definition) is 2. The van der Waals surface area contributed by atoms with Crippen LogP contribution in [0.1, 0.15) is 33.1 Å². The first kappa shape index (κ1) is 14.8. The summed E-state index contributed by atoms with van der Waals surface area (Å²) in [6.07, 6.45) is -3.11. The molecule has 1 aliphatic rings. The summed E-state index contributed by atoms with van der Waals surface area (Å²) < 4.78 is 43.7. The van der Waals surface area contributed by atoms with Crippen molar-refractivity contribution in [1.82, 2.24) is 4.90 Å². The molecule has 2 nitrogen and oxygen atoms in total. The van der Waals surface area contributed by atoms with Crippen molar-refractivity contribution in [3.8, 4) is 0 Å². The Morgan fingerprint density at radius 3 is 2.29 bits per heavy atom. The molecule has 1 rings (SSSR count). The van der Waals surface area contributed by atoms with E-state index < -0.39 is 17.6 Å². The Balaban J connectivity index is 2.69. The molecule has 2 unspecified atom stereocenters. The first-order chi connectivity index (χ1) is 7.67. The second kappa shape index (κ2) is 5.14. The first-order valence-corrected chi connectivity index (χ1v) is 6.03. The lowest BCUT2D eigenvalue weighted by molar-refractivity contribution is -0.175. The number of nitrogens with zero attached hydrogens (tertiary/aromatic N) is 1. The van der Waals surface area contributed by atoms with Gasteiger partial charge in [0, 0.05) is 5.54 Å². The van der Waals surface area contributed by atoms with Crippen LogP contribution in [-0.4, -0.2) is 43.4 Å². The molecule has 0 heterocycles. The third-order valence-corrected chi connectivity index (χ3v) is 3.68. The highest BCUT2D eigenvalue weighted by Gasteiger charge is 2.51. The van der Waals surface area contributed by atoms with Gasteiger partial charge in [-0.15, -0.1) is 0 Å². The van der Waals surface area contributed by atoms with Crippen molar-refractivity contribution >= 4 is 0 Å². The summed E-state index contributed by atoms with van der Waals surface area (Å²) in [7, 11) is 3.67. The highest BCUT2D eigenvalue weighted by molar-refractivity contribution is 4.98. The predicted molar refractivity (Wildman–Crippen MR) is 60.9 cm³/mol. The van der Waals surface area contributed by atoms with Crippen LogP contribution in [0, 0.1) is 5.92 Å². The Hall–Kier alpha value is -0.290. The van der Waals surface area contributed by atoms with E-state index in [0.717, 1.165) is 0 Å². The molecule has 17 heavy (non-hydrogen) atoms. The molecule has 2 atom stereocenters. The van der Waals surface area contributed by atoms with Crippen LogP contribution in [0.25, 0.3) is 0 Å². The lowest BCUT2D eigenvalue weighted by atomic mass is 9.95. The van der Waals surface area contributed by atoms with Gasteiger partial charge in [0.25, 0.3) is 0 Å². The molecule has 0 spiro atoms. The van der Waals surface area contributed by atoms with Gasteiger partial charge in [-0.1, -0.05) is 0 Å². The van der Waals surface area contributed by atoms with Gasteiger partial charge in [-0.3, -0.25) is 0 Å². The minimum Gasteiger partial charge on any atom is -0.377 e. The number of hydrogen-bond donors (Lipinski definition) is 0. The SMILES string of the molecule is CC(C)OCC1(N(C)C)CCC(C(F)(F)F)C1. The first-order valence-electron chi connectivity index (χ1n) is 6.03. The smallest absolute Gasteiger partial charge is 0.377 e. The van der Waals surface area contributed by atoms with Gasteiger partial charge in [-0.25, -0.2) is 0 Å². The van der Waals surface area contributed by atoms with Crippen LogP contribution in [0.4, 0.5) is 13.2 Å². The highest BCUT2D eigenvalue weighted by Crippen LogP contribution is 2.45. The third-order valence-electron chi connectivity index (χ3n) is 3.68. The molecule has 0 aromatic heterocycles. The summed E-state index contributed by atoms with van der Waals surface area (Å²) in [5.41, 5.74) is -0.454. The van der Waals surface area contributed by atoms with Crippen LogP contribution in [0.2, 0.25) is 0 Å². The van der Waals surface area contributed by atoms with Crippen molar-refractivity contribution in [1.29, 1.82) is 0 Å². The fourth-order valence-corrected chi connectivity index (χ4v) is 2.37. The highest BCUT2D eigenvalue weighted by atomic mass is 19.4. The number of likely N-dealkylation sites (N-methyl/N-ethyl adjacent to an activating group) is 1. The molecule has 0 aromatic carbocycles. The molecule has 0 N–H and O–H groups in total. The zero-order valence-electron chi connectivity index (χ0n) is 11.0. The van der Waals surface area contributed by atoms with Crippen molar-refractivity contribution in [2.24, 2.45) is 5.92 Å². The van der Waals surface area contributed by atoms with Crippen LogP contribution in [0.3, 0.4) is 0 Å². The summed E-state index contributed by atoms with van der Waals surface area (Å²) >= 11 is 0. The van der Waals surface area contributed by atoms with E-state index in [1.165, 1.54) is 0 Å². The van der Waals surface area contributed by atoms with Crippen LogP contribution in [-0.2, 0) is 4.74 Å². The molecule has 0 amide bonds. The van der Waals surface area contributed by atoms with Gasteiger partial charge in [0.15, 0.2) is 0 Å². The monoisotopic (exact) mass is 253 g/mol. The van der Waals surface area contributed by atoms with E-state index in [1.54, 1.807) is 0 Å². The average Bonchev–Trinajstić information content (AvgIpc) is 2.59. The van der Waals surface area contributed by atoms with E-state index in [2.05, 4.69) is 0 Å². The second-order valence-electron chi connectivity index (χ2n) is 5.46. The molecular weight excluding hydrogens is 231 g/mol. The topological polar surface area (TPSA) is 12.5 Å². The fraction of sp³-hybridized carbons (Fsp3) is 1.00. The van der Waals surface area contributed by atoms with Crippen molar-refractivity contribution in [3.05, 3.63) is 0 Å². The molecule has 1 aliphatic carbocycles. The van der Waals surface area contributed by atoms with Gasteiger partial charge < -0.3 is 9.64 Å². The summed E-state index contributed by atoms with van der Waals surface area (Å²) in [5, 5.41) is 0. The van der Waals surface area contributed by atoms with Crippen molar-refractivity contribution in [3.63, 3.8) is 0 Å². The number of ether oxygens (including phenoxy) is 1. The Morgan fingerprint density at radius 2 is 1.94 bits per heavy atom. The molecule has 1 saturated carbocycles. The molecule has 0 radical (unpaired) electrons. The predicted octanol–water partition coefficient (Wildman–Crippen LogP) is 3.07. The minimum absolute atomic E-state index is 0.0526. The molecule has 0 saturated heterocycles. The summed E-state index contributed by atoms with van der Waals surface area (Å²) in [6, 6.07) is 0. The van der Waals surface area contributed by atoms with Crippen LogP contribution < -0.4 is 0 Å². The summed E-state index contributed by atoms with van der Waals surface area (Å²) in [4.78, 5) is 1.89. The largest absolute Gasteiger partial charge is 0.391 e. The number of halogens is 3. The fourth-order valence-electron chi connectivity index (χ4n) is 2.37. The van der Waals surface area contributed by atoms with E-state index in [-0.39, 0.29) is 18.9 Å². The van der Waals surface area contributed by atoms with Gasteiger partial charge in [0.1, 0.15) is 0 Å². The van der Waals surface area contributed by atoms with Gasteiger partial charge in [-0.2, -0.15) is 13.2 Å². The quantitative estimate of drug-likeness (QED) is 0.763. The zero-order chi connectivity index (χ0) is 13.3. The number of alkyl halides is 3. The molecule has 102 valence electrons. The van der Waals surface area contributed by atoms with Crippen molar-refractivity contribution in [2.75, 3.05) is 20.7 Å². The van der Waals surface area contributed by atoms with Crippen LogP contribution >= 0.6 is 0 Å². The summed E-state index contributed by atoms with van der Waals surface area (Å²) in [6.45, 7) is 4.18. The van der Waals surface area contributed by atoms with Crippen LogP contribution in [0.15, 0.2) is 0 Å². The summed E-state index contributed by atoms with van der Waals surface area (Å²) in [5.74, 6) is -1.18.